The standard InChI is InChI=1S/C28H36N8O2S/c1-39-28-32-25(31-23-4-6-24(7-5-23)34-15-17-38-18-16-34)19-26(33-28)35-11-13-36(14-12-35)27(37)21-30-10-8-22-3-2-9-29-20-22/h2-7,9,19-20,30H,8,10-18,21H2,1H3,(H,31,32,33). The second-order valence-electron chi connectivity index (χ2n) is 9.53. The van der Waals surface area contributed by atoms with E-state index in [1.165, 1.54) is 23.0 Å². The summed E-state index contributed by atoms with van der Waals surface area (Å²) >= 11 is 1.52. The van der Waals surface area contributed by atoms with Crippen LogP contribution in [0, 0.1) is 0 Å². The van der Waals surface area contributed by atoms with Gasteiger partial charge in [-0.15, -0.1) is 0 Å². The summed E-state index contributed by atoms with van der Waals surface area (Å²) in [5, 5.41) is 7.43. The lowest BCUT2D eigenvalue weighted by atomic mass is 10.2. The van der Waals surface area contributed by atoms with Gasteiger partial charge in [0.2, 0.25) is 5.91 Å². The summed E-state index contributed by atoms with van der Waals surface area (Å²) in [6.45, 7) is 7.30. The van der Waals surface area contributed by atoms with E-state index < -0.39 is 0 Å². The molecule has 0 atom stereocenters. The lowest BCUT2D eigenvalue weighted by Gasteiger charge is -2.35. The van der Waals surface area contributed by atoms with Crippen LogP contribution in [-0.2, 0) is 16.0 Å². The maximum absolute atomic E-state index is 12.7. The van der Waals surface area contributed by atoms with Crippen LogP contribution < -0.4 is 20.4 Å². The minimum absolute atomic E-state index is 0.135. The number of aromatic nitrogens is 3. The van der Waals surface area contributed by atoms with E-state index in [0.717, 1.165) is 74.8 Å². The average molecular weight is 549 g/mol. The molecule has 2 aliphatic heterocycles. The number of nitrogens with one attached hydrogen (secondary N) is 2. The van der Waals surface area contributed by atoms with Crippen LogP contribution >= 0.6 is 11.8 Å². The molecular formula is C28H36N8O2S. The number of carbonyl (C=O) groups is 1. The third-order valence-corrected chi connectivity index (χ3v) is 7.48. The van der Waals surface area contributed by atoms with Crippen molar-refractivity contribution in [3.8, 4) is 0 Å². The Morgan fingerprint density at radius 2 is 1.79 bits per heavy atom. The zero-order valence-electron chi connectivity index (χ0n) is 22.4. The lowest BCUT2D eigenvalue weighted by molar-refractivity contribution is -0.130. The van der Waals surface area contributed by atoms with Crippen LogP contribution in [0.2, 0.25) is 0 Å². The van der Waals surface area contributed by atoms with E-state index in [1.807, 2.05) is 29.5 Å². The van der Waals surface area contributed by atoms with Crippen LogP contribution in [0.25, 0.3) is 0 Å². The molecule has 5 rings (SSSR count). The van der Waals surface area contributed by atoms with Gasteiger partial charge in [0.25, 0.3) is 0 Å². The molecule has 1 aromatic carbocycles. The Hall–Kier alpha value is -3.41. The Balaban J connectivity index is 1.13. The molecule has 2 N–H and O–H groups in total. The Labute approximate surface area is 234 Å². The van der Waals surface area contributed by atoms with Crippen molar-refractivity contribution < 1.29 is 9.53 Å². The number of morpholine rings is 1. The van der Waals surface area contributed by atoms with Crippen LogP contribution in [0.4, 0.5) is 23.0 Å². The summed E-state index contributed by atoms with van der Waals surface area (Å²) in [5.41, 5.74) is 3.35. The van der Waals surface area contributed by atoms with Crippen LogP contribution in [0.5, 0.6) is 0 Å². The Morgan fingerprint density at radius 3 is 2.51 bits per heavy atom. The van der Waals surface area contributed by atoms with E-state index in [-0.39, 0.29) is 5.91 Å². The molecule has 4 heterocycles. The van der Waals surface area contributed by atoms with Crippen molar-refractivity contribution in [1.82, 2.24) is 25.2 Å². The van der Waals surface area contributed by atoms with Crippen molar-refractivity contribution in [2.45, 2.75) is 11.6 Å². The van der Waals surface area contributed by atoms with Crippen LogP contribution in [0.1, 0.15) is 5.56 Å². The molecule has 2 fully saturated rings. The van der Waals surface area contributed by atoms with Gasteiger partial charge >= 0.3 is 0 Å². The van der Waals surface area contributed by atoms with E-state index in [1.54, 1.807) is 6.20 Å². The molecule has 2 saturated heterocycles. The molecule has 0 radical (unpaired) electrons. The van der Waals surface area contributed by atoms with Crippen LogP contribution in [0.15, 0.2) is 60.0 Å². The van der Waals surface area contributed by atoms with Crippen molar-refractivity contribution in [1.29, 1.82) is 0 Å². The van der Waals surface area contributed by atoms with E-state index >= 15 is 0 Å². The predicted octanol–water partition coefficient (Wildman–Crippen LogP) is 2.65. The number of amides is 1. The lowest BCUT2D eigenvalue weighted by Crippen LogP contribution is -2.51. The number of ether oxygens (including phenoxy) is 1. The Bertz CT molecular complexity index is 1200. The molecule has 11 heteroatoms. The molecule has 206 valence electrons. The number of hydrogen-bond acceptors (Lipinski definition) is 10. The maximum atomic E-state index is 12.7. The first-order valence-electron chi connectivity index (χ1n) is 13.4. The zero-order valence-corrected chi connectivity index (χ0v) is 23.2. The minimum Gasteiger partial charge on any atom is -0.378 e. The highest BCUT2D eigenvalue weighted by atomic mass is 32.2. The number of rotatable bonds is 10. The number of benzene rings is 1. The monoisotopic (exact) mass is 548 g/mol. The molecule has 1 amide bonds. The topological polar surface area (TPSA) is 98.8 Å². The first kappa shape index (κ1) is 27.2. The second-order valence-corrected chi connectivity index (χ2v) is 10.3. The van der Waals surface area contributed by atoms with Gasteiger partial charge in [0.15, 0.2) is 5.16 Å². The Morgan fingerprint density at radius 1 is 1.00 bits per heavy atom. The van der Waals surface area contributed by atoms with Crippen LogP contribution in [0.3, 0.4) is 0 Å². The summed E-state index contributed by atoms with van der Waals surface area (Å²) in [6.07, 6.45) is 6.47. The minimum atomic E-state index is 0.135. The summed E-state index contributed by atoms with van der Waals surface area (Å²) < 4.78 is 5.46. The van der Waals surface area contributed by atoms with E-state index in [2.05, 4.69) is 60.7 Å². The third-order valence-electron chi connectivity index (χ3n) is 6.94. The quantitative estimate of drug-likeness (QED) is 0.224. The second kappa shape index (κ2) is 13.6. The number of anilines is 4. The largest absolute Gasteiger partial charge is 0.378 e. The van der Waals surface area contributed by atoms with Crippen LogP contribution in [-0.4, -0.2) is 97.6 Å². The number of piperazine rings is 1. The van der Waals surface area contributed by atoms with Crippen molar-refractivity contribution >= 4 is 40.7 Å². The van der Waals surface area contributed by atoms with Gasteiger partial charge < -0.3 is 30.1 Å². The summed E-state index contributed by atoms with van der Waals surface area (Å²) in [5.74, 6) is 1.78. The third kappa shape index (κ3) is 7.59. The van der Waals surface area contributed by atoms with Gasteiger partial charge in [-0.1, -0.05) is 17.8 Å². The van der Waals surface area contributed by atoms with Gasteiger partial charge in [0, 0.05) is 69.1 Å². The fourth-order valence-corrected chi connectivity index (χ4v) is 5.10. The van der Waals surface area contributed by atoms with E-state index in [9.17, 15) is 4.79 Å². The summed E-state index contributed by atoms with van der Waals surface area (Å²) in [7, 11) is 0. The number of pyridine rings is 1. The number of carbonyl (C=O) groups excluding carboxylic acids is 1. The highest BCUT2D eigenvalue weighted by Crippen LogP contribution is 2.25. The zero-order chi connectivity index (χ0) is 26.9. The molecule has 2 aromatic heterocycles. The molecule has 0 spiro atoms. The van der Waals surface area contributed by atoms with Gasteiger partial charge in [-0.25, -0.2) is 9.97 Å². The molecular weight excluding hydrogens is 512 g/mol. The summed E-state index contributed by atoms with van der Waals surface area (Å²) in [4.78, 5) is 32.8. The first-order chi connectivity index (χ1) is 19.2. The smallest absolute Gasteiger partial charge is 0.236 e. The van der Waals surface area contributed by atoms with E-state index in [4.69, 9.17) is 9.72 Å². The van der Waals surface area contributed by atoms with Crippen molar-refractivity contribution in [2.75, 3.05) is 86.9 Å². The number of nitrogens with zero attached hydrogens (tertiary/aromatic N) is 6. The number of thioether (sulfide) groups is 1. The molecule has 0 unspecified atom stereocenters. The Kier molecular flexibility index (Phi) is 9.47. The molecule has 39 heavy (non-hydrogen) atoms. The highest BCUT2D eigenvalue weighted by molar-refractivity contribution is 7.98. The highest BCUT2D eigenvalue weighted by Gasteiger charge is 2.22. The van der Waals surface area contributed by atoms with Gasteiger partial charge in [0.1, 0.15) is 11.6 Å². The summed E-state index contributed by atoms with van der Waals surface area (Å²) in [6, 6.07) is 14.4. The van der Waals surface area contributed by atoms with Gasteiger partial charge in [-0.3, -0.25) is 9.78 Å². The van der Waals surface area contributed by atoms with Gasteiger partial charge in [0.05, 0.1) is 19.8 Å². The number of hydrogen-bond donors (Lipinski definition) is 2. The fourth-order valence-electron chi connectivity index (χ4n) is 4.73. The van der Waals surface area contributed by atoms with Crippen molar-refractivity contribution in [3.63, 3.8) is 0 Å². The normalized spacial score (nSPS) is 15.9. The molecule has 10 nitrogen and oxygen atoms in total. The maximum Gasteiger partial charge on any atom is 0.236 e. The van der Waals surface area contributed by atoms with E-state index in [0.29, 0.717) is 19.6 Å². The van der Waals surface area contributed by atoms with Gasteiger partial charge in [-0.05, 0) is 55.1 Å². The average Bonchev–Trinajstić information content (AvgIpc) is 3.00. The molecule has 3 aromatic rings. The fraction of sp³-hybridized carbons (Fsp3) is 0.429. The molecule has 0 aliphatic carbocycles. The SMILES string of the molecule is CSc1nc(Nc2ccc(N3CCOCC3)cc2)cc(N2CCN(C(=O)CNCCc3cccnc3)CC2)n1. The molecule has 2 aliphatic rings. The molecule has 0 saturated carbocycles. The van der Waals surface area contributed by atoms with Crippen molar-refractivity contribution in [2.24, 2.45) is 0 Å². The van der Waals surface area contributed by atoms with Gasteiger partial charge in [-0.2, -0.15) is 0 Å². The molecule has 0 bridgehead atoms. The predicted molar refractivity (Wildman–Crippen MR) is 156 cm³/mol. The first-order valence-corrected chi connectivity index (χ1v) is 14.7. The van der Waals surface area contributed by atoms with Crippen molar-refractivity contribution in [3.05, 3.63) is 60.4 Å².